The van der Waals surface area contributed by atoms with E-state index < -0.39 is 0 Å². The molecule has 2 atom stereocenters. The summed E-state index contributed by atoms with van der Waals surface area (Å²) in [6.45, 7) is 11.2. The van der Waals surface area contributed by atoms with Crippen LogP contribution in [-0.2, 0) is 4.74 Å². The zero-order valence-electron chi connectivity index (χ0n) is 11.2. The van der Waals surface area contributed by atoms with Gasteiger partial charge in [-0.25, -0.2) is 0 Å². The zero-order valence-corrected chi connectivity index (χ0v) is 11.2. The van der Waals surface area contributed by atoms with Crippen molar-refractivity contribution in [3.8, 4) is 0 Å². The second-order valence-corrected chi connectivity index (χ2v) is 5.23. The fraction of sp³-hybridized carbons (Fsp3) is 1.00. The van der Waals surface area contributed by atoms with Gasteiger partial charge in [-0.05, 0) is 39.2 Å². The van der Waals surface area contributed by atoms with E-state index in [1.54, 1.807) is 0 Å². The van der Waals surface area contributed by atoms with Crippen LogP contribution in [-0.4, -0.2) is 43.3 Å². The third-order valence-corrected chi connectivity index (χ3v) is 3.80. The summed E-state index contributed by atoms with van der Waals surface area (Å²) < 4.78 is 5.58. The molecule has 3 nitrogen and oxygen atoms in total. The summed E-state index contributed by atoms with van der Waals surface area (Å²) in [5.41, 5.74) is 5.97. The predicted octanol–water partition coefficient (Wildman–Crippen LogP) is 1.86. The lowest BCUT2D eigenvalue weighted by Gasteiger charge is -2.37. The Balaban J connectivity index is 2.47. The molecule has 0 amide bonds. The average molecular weight is 228 g/mol. The van der Waals surface area contributed by atoms with Crippen molar-refractivity contribution in [2.24, 2.45) is 11.7 Å². The number of rotatable bonds is 7. The largest absolute Gasteiger partial charge is 0.380 e. The normalized spacial score (nSPS) is 25.9. The van der Waals surface area contributed by atoms with Crippen LogP contribution < -0.4 is 5.73 Å². The summed E-state index contributed by atoms with van der Waals surface area (Å²) in [6.07, 6.45) is 3.98. The minimum absolute atomic E-state index is 0.0402. The van der Waals surface area contributed by atoms with Crippen molar-refractivity contribution in [1.29, 1.82) is 0 Å². The zero-order chi connectivity index (χ0) is 12.0. The monoisotopic (exact) mass is 228 g/mol. The first-order valence-electron chi connectivity index (χ1n) is 6.69. The Bertz CT molecular complexity index is 198. The maximum Gasteiger partial charge on any atom is 0.0659 e. The highest BCUT2D eigenvalue weighted by Crippen LogP contribution is 2.27. The molecule has 96 valence electrons. The SMILES string of the molecule is CCCC1CCN(C(C)(CN)COCC)C1. The molecule has 3 heteroatoms. The van der Waals surface area contributed by atoms with Crippen LogP contribution in [0.25, 0.3) is 0 Å². The molecule has 0 aliphatic carbocycles. The van der Waals surface area contributed by atoms with Gasteiger partial charge in [0.15, 0.2) is 0 Å². The molecule has 16 heavy (non-hydrogen) atoms. The first-order valence-corrected chi connectivity index (χ1v) is 6.69. The van der Waals surface area contributed by atoms with Gasteiger partial charge in [0.1, 0.15) is 0 Å². The average Bonchev–Trinajstić information content (AvgIpc) is 2.75. The van der Waals surface area contributed by atoms with Gasteiger partial charge in [-0.3, -0.25) is 4.90 Å². The topological polar surface area (TPSA) is 38.5 Å². The summed E-state index contributed by atoms with van der Waals surface area (Å²) in [7, 11) is 0. The van der Waals surface area contributed by atoms with Gasteiger partial charge in [-0.1, -0.05) is 13.3 Å². The Kier molecular flexibility index (Phi) is 5.73. The van der Waals surface area contributed by atoms with E-state index in [1.807, 2.05) is 6.92 Å². The van der Waals surface area contributed by atoms with E-state index >= 15 is 0 Å². The Morgan fingerprint density at radius 3 is 2.75 bits per heavy atom. The van der Waals surface area contributed by atoms with E-state index in [0.29, 0.717) is 6.54 Å². The summed E-state index contributed by atoms with van der Waals surface area (Å²) in [4.78, 5) is 2.53. The minimum Gasteiger partial charge on any atom is -0.380 e. The predicted molar refractivity (Wildman–Crippen MR) is 68.5 cm³/mol. The first-order chi connectivity index (χ1) is 7.66. The molecule has 0 aromatic rings. The highest BCUT2D eigenvalue weighted by Gasteiger charge is 2.35. The molecule has 1 rings (SSSR count). The third-order valence-electron chi connectivity index (χ3n) is 3.80. The van der Waals surface area contributed by atoms with Crippen LogP contribution in [0.5, 0.6) is 0 Å². The second kappa shape index (κ2) is 6.58. The van der Waals surface area contributed by atoms with Gasteiger partial charge < -0.3 is 10.5 Å². The standard InChI is InChI=1S/C13H28N2O/c1-4-6-12-7-8-15(9-12)13(3,10-14)11-16-5-2/h12H,4-11,14H2,1-3H3. The van der Waals surface area contributed by atoms with E-state index in [1.165, 1.54) is 32.4 Å². The summed E-state index contributed by atoms with van der Waals surface area (Å²) >= 11 is 0. The Morgan fingerprint density at radius 1 is 1.44 bits per heavy atom. The molecule has 1 fully saturated rings. The van der Waals surface area contributed by atoms with Gasteiger partial charge >= 0.3 is 0 Å². The first kappa shape index (κ1) is 13.9. The Hall–Kier alpha value is -0.120. The van der Waals surface area contributed by atoms with Crippen molar-refractivity contribution < 1.29 is 4.74 Å². The molecule has 1 saturated heterocycles. The van der Waals surface area contributed by atoms with Crippen LogP contribution in [0.1, 0.15) is 40.0 Å². The number of hydrogen-bond donors (Lipinski definition) is 1. The molecule has 1 heterocycles. The third kappa shape index (κ3) is 3.44. The molecule has 1 aliphatic rings. The van der Waals surface area contributed by atoms with E-state index in [-0.39, 0.29) is 5.54 Å². The molecule has 0 bridgehead atoms. The van der Waals surface area contributed by atoms with E-state index in [9.17, 15) is 0 Å². The van der Waals surface area contributed by atoms with Crippen LogP contribution in [0.4, 0.5) is 0 Å². The van der Waals surface area contributed by atoms with Crippen LogP contribution in [0.3, 0.4) is 0 Å². The van der Waals surface area contributed by atoms with Crippen molar-refractivity contribution in [2.45, 2.75) is 45.6 Å². The summed E-state index contributed by atoms with van der Waals surface area (Å²) in [6, 6.07) is 0. The van der Waals surface area contributed by atoms with Crippen molar-refractivity contribution in [1.82, 2.24) is 4.90 Å². The summed E-state index contributed by atoms with van der Waals surface area (Å²) in [5, 5.41) is 0. The lowest BCUT2D eigenvalue weighted by Crippen LogP contribution is -2.53. The molecule has 0 aromatic heterocycles. The van der Waals surface area contributed by atoms with Gasteiger partial charge in [0.05, 0.1) is 12.1 Å². The number of likely N-dealkylation sites (tertiary alicyclic amines) is 1. The lowest BCUT2D eigenvalue weighted by molar-refractivity contribution is 0.0207. The van der Waals surface area contributed by atoms with E-state index in [4.69, 9.17) is 10.5 Å². The fourth-order valence-corrected chi connectivity index (χ4v) is 2.57. The molecule has 0 radical (unpaired) electrons. The van der Waals surface area contributed by atoms with Crippen LogP contribution in [0.2, 0.25) is 0 Å². The van der Waals surface area contributed by atoms with Gasteiger partial charge in [0.2, 0.25) is 0 Å². The Morgan fingerprint density at radius 2 is 2.19 bits per heavy atom. The molecule has 1 aliphatic heterocycles. The molecule has 2 unspecified atom stereocenters. The second-order valence-electron chi connectivity index (χ2n) is 5.23. The van der Waals surface area contributed by atoms with Crippen molar-refractivity contribution in [2.75, 3.05) is 32.8 Å². The van der Waals surface area contributed by atoms with Crippen LogP contribution >= 0.6 is 0 Å². The van der Waals surface area contributed by atoms with E-state index in [0.717, 1.165) is 19.1 Å². The van der Waals surface area contributed by atoms with Gasteiger partial charge in [-0.15, -0.1) is 0 Å². The number of hydrogen-bond acceptors (Lipinski definition) is 3. The minimum atomic E-state index is 0.0402. The Labute approximate surface area is 100 Å². The number of ether oxygens (including phenoxy) is 1. The quantitative estimate of drug-likeness (QED) is 0.723. The number of nitrogens with two attached hydrogens (primary N) is 1. The highest BCUT2D eigenvalue weighted by molar-refractivity contribution is 4.92. The highest BCUT2D eigenvalue weighted by atomic mass is 16.5. The van der Waals surface area contributed by atoms with E-state index in [2.05, 4.69) is 18.7 Å². The molecule has 2 N–H and O–H groups in total. The number of nitrogens with zero attached hydrogens (tertiary/aromatic N) is 1. The molecular weight excluding hydrogens is 200 g/mol. The maximum absolute atomic E-state index is 5.93. The molecule has 0 aromatic carbocycles. The van der Waals surface area contributed by atoms with Crippen molar-refractivity contribution >= 4 is 0 Å². The smallest absolute Gasteiger partial charge is 0.0659 e. The molecule has 0 spiro atoms. The molecular formula is C13H28N2O. The lowest BCUT2D eigenvalue weighted by atomic mass is 10.0. The maximum atomic E-state index is 5.93. The molecule has 0 saturated carbocycles. The van der Waals surface area contributed by atoms with Crippen molar-refractivity contribution in [3.63, 3.8) is 0 Å². The van der Waals surface area contributed by atoms with Crippen LogP contribution in [0, 0.1) is 5.92 Å². The van der Waals surface area contributed by atoms with Gasteiger partial charge in [0, 0.05) is 19.7 Å². The summed E-state index contributed by atoms with van der Waals surface area (Å²) in [5.74, 6) is 0.873. The fourth-order valence-electron chi connectivity index (χ4n) is 2.57. The van der Waals surface area contributed by atoms with Gasteiger partial charge in [-0.2, -0.15) is 0 Å². The van der Waals surface area contributed by atoms with Crippen molar-refractivity contribution in [3.05, 3.63) is 0 Å². The van der Waals surface area contributed by atoms with Gasteiger partial charge in [0.25, 0.3) is 0 Å². The van der Waals surface area contributed by atoms with Crippen LogP contribution in [0.15, 0.2) is 0 Å².